The lowest BCUT2D eigenvalue weighted by Crippen LogP contribution is -2.04. The fourth-order valence-electron chi connectivity index (χ4n) is 2.79. The minimum absolute atomic E-state index is 0.326. The minimum Gasteiger partial charge on any atom is -0.487 e. The second-order valence-electron chi connectivity index (χ2n) is 5.39. The highest BCUT2D eigenvalue weighted by Crippen LogP contribution is 2.33. The summed E-state index contributed by atoms with van der Waals surface area (Å²) in [5, 5.41) is 14.9. The maximum absolute atomic E-state index is 9.81. The van der Waals surface area contributed by atoms with Crippen LogP contribution in [0.25, 0.3) is 0 Å². The summed E-state index contributed by atoms with van der Waals surface area (Å²) < 4.78 is 7.62. The van der Waals surface area contributed by atoms with E-state index in [1.165, 1.54) is 5.56 Å². The molecule has 1 aromatic carbocycles. The lowest BCUT2D eigenvalue weighted by atomic mass is 10.1. The van der Waals surface area contributed by atoms with Gasteiger partial charge in [-0.2, -0.15) is 5.10 Å². The third-order valence-corrected chi connectivity index (χ3v) is 4.48. The van der Waals surface area contributed by atoms with Crippen LogP contribution in [0.3, 0.4) is 0 Å². The zero-order valence-electron chi connectivity index (χ0n) is 12.3. The summed E-state index contributed by atoms with van der Waals surface area (Å²) in [7, 11) is 1.88. The standard InChI is InChI=1S/C16H19ClN2O2/c1-3-13-16(17)14(19(2)18-13)9-21-11-5-6-12-10(8-11)4-7-15(12)20/h5-6,8,15,20H,3-4,7,9H2,1-2H3/t15-/m1/s1. The first-order valence-corrected chi connectivity index (χ1v) is 7.62. The molecule has 0 fully saturated rings. The average molecular weight is 307 g/mol. The van der Waals surface area contributed by atoms with E-state index in [9.17, 15) is 5.11 Å². The van der Waals surface area contributed by atoms with Crippen molar-refractivity contribution in [3.8, 4) is 5.75 Å². The molecule has 2 aromatic rings. The van der Waals surface area contributed by atoms with Crippen molar-refractivity contribution in [3.05, 3.63) is 45.7 Å². The van der Waals surface area contributed by atoms with Crippen molar-refractivity contribution in [3.63, 3.8) is 0 Å². The Bertz CT molecular complexity index is 667. The molecular weight excluding hydrogens is 288 g/mol. The number of hydrogen-bond acceptors (Lipinski definition) is 3. The van der Waals surface area contributed by atoms with Crippen molar-refractivity contribution < 1.29 is 9.84 Å². The molecule has 0 spiro atoms. The predicted octanol–water partition coefficient (Wildman–Crippen LogP) is 3.19. The van der Waals surface area contributed by atoms with Crippen molar-refractivity contribution in [1.29, 1.82) is 0 Å². The fraction of sp³-hybridized carbons (Fsp3) is 0.438. The summed E-state index contributed by atoms with van der Waals surface area (Å²) in [6, 6.07) is 5.86. The zero-order valence-corrected chi connectivity index (χ0v) is 13.0. The Morgan fingerprint density at radius 1 is 1.48 bits per heavy atom. The number of aromatic nitrogens is 2. The van der Waals surface area contributed by atoms with Crippen LogP contribution in [0.15, 0.2) is 18.2 Å². The molecule has 0 radical (unpaired) electrons. The third-order valence-electron chi connectivity index (χ3n) is 4.04. The number of rotatable bonds is 4. The van der Waals surface area contributed by atoms with Crippen LogP contribution in [-0.2, 0) is 26.5 Å². The minimum atomic E-state index is -0.326. The van der Waals surface area contributed by atoms with Crippen LogP contribution >= 0.6 is 11.6 Å². The van der Waals surface area contributed by atoms with Gasteiger partial charge in [0.2, 0.25) is 0 Å². The molecule has 1 atom stereocenters. The first-order chi connectivity index (χ1) is 10.1. The van der Waals surface area contributed by atoms with Crippen LogP contribution in [-0.4, -0.2) is 14.9 Å². The van der Waals surface area contributed by atoms with Crippen LogP contribution in [0.2, 0.25) is 5.02 Å². The van der Waals surface area contributed by atoms with Gasteiger partial charge in [-0.05, 0) is 42.5 Å². The summed E-state index contributed by atoms with van der Waals surface area (Å²) in [6.07, 6.45) is 2.18. The zero-order chi connectivity index (χ0) is 15.0. The fourth-order valence-corrected chi connectivity index (χ4v) is 3.14. The Morgan fingerprint density at radius 2 is 2.29 bits per heavy atom. The average Bonchev–Trinajstić information content (AvgIpc) is 2.98. The predicted molar refractivity (Wildman–Crippen MR) is 81.7 cm³/mol. The number of aliphatic hydroxyl groups excluding tert-OH is 1. The summed E-state index contributed by atoms with van der Waals surface area (Å²) in [6.45, 7) is 2.42. The lowest BCUT2D eigenvalue weighted by Gasteiger charge is -2.09. The molecule has 0 saturated carbocycles. The Morgan fingerprint density at radius 3 is 3.00 bits per heavy atom. The monoisotopic (exact) mass is 306 g/mol. The van der Waals surface area contributed by atoms with Gasteiger partial charge in [-0.25, -0.2) is 0 Å². The lowest BCUT2D eigenvalue weighted by molar-refractivity contribution is 0.180. The first kappa shape index (κ1) is 14.4. The Hall–Kier alpha value is -1.52. The summed E-state index contributed by atoms with van der Waals surface area (Å²) in [4.78, 5) is 0. The normalized spacial score (nSPS) is 17.0. The molecule has 1 aromatic heterocycles. The molecule has 112 valence electrons. The van der Waals surface area contributed by atoms with Gasteiger partial charge in [-0.15, -0.1) is 0 Å². The molecular formula is C16H19ClN2O2. The second kappa shape index (κ2) is 5.70. The van der Waals surface area contributed by atoms with Crippen molar-refractivity contribution in [1.82, 2.24) is 9.78 Å². The van der Waals surface area contributed by atoms with E-state index in [1.807, 2.05) is 32.2 Å². The molecule has 1 aliphatic rings. The van der Waals surface area contributed by atoms with E-state index >= 15 is 0 Å². The highest BCUT2D eigenvalue weighted by atomic mass is 35.5. The number of ether oxygens (including phenoxy) is 1. The number of halogens is 1. The van der Waals surface area contributed by atoms with Gasteiger partial charge in [0.25, 0.3) is 0 Å². The Labute approximate surface area is 129 Å². The molecule has 1 heterocycles. The van der Waals surface area contributed by atoms with Gasteiger partial charge in [-0.3, -0.25) is 4.68 Å². The SMILES string of the molecule is CCc1nn(C)c(COc2ccc3c(c2)CC[C@H]3O)c1Cl. The number of fused-ring (bicyclic) bond motifs is 1. The van der Waals surface area contributed by atoms with E-state index in [0.717, 1.165) is 42.0 Å². The van der Waals surface area contributed by atoms with Crippen LogP contribution in [0.1, 0.15) is 42.0 Å². The van der Waals surface area contributed by atoms with Crippen LogP contribution in [0.4, 0.5) is 0 Å². The Balaban J connectivity index is 1.75. The van der Waals surface area contributed by atoms with Gasteiger partial charge in [-0.1, -0.05) is 24.6 Å². The highest BCUT2D eigenvalue weighted by molar-refractivity contribution is 6.31. The highest BCUT2D eigenvalue weighted by Gasteiger charge is 2.20. The van der Waals surface area contributed by atoms with Crippen LogP contribution in [0.5, 0.6) is 5.75 Å². The molecule has 0 amide bonds. The van der Waals surface area contributed by atoms with E-state index in [-0.39, 0.29) is 6.10 Å². The first-order valence-electron chi connectivity index (χ1n) is 7.24. The summed E-state index contributed by atoms with van der Waals surface area (Å²) >= 11 is 6.31. The number of hydrogen-bond donors (Lipinski definition) is 1. The van der Waals surface area contributed by atoms with E-state index in [0.29, 0.717) is 11.6 Å². The molecule has 21 heavy (non-hydrogen) atoms. The van der Waals surface area contributed by atoms with Gasteiger partial charge in [0.05, 0.1) is 22.5 Å². The molecule has 0 unspecified atom stereocenters. The number of benzene rings is 1. The van der Waals surface area contributed by atoms with Gasteiger partial charge in [0, 0.05) is 7.05 Å². The number of aryl methyl sites for hydroxylation is 3. The number of nitrogens with zero attached hydrogens (tertiary/aromatic N) is 2. The quantitative estimate of drug-likeness (QED) is 0.943. The van der Waals surface area contributed by atoms with Crippen LogP contribution in [0, 0.1) is 0 Å². The molecule has 3 rings (SSSR count). The van der Waals surface area contributed by atoms with E-state index in [2.05, 4.69) is 5.10 Å². The van der Waals surface area contributed by atoms with Crippen molar-refractivity contribution in [2.75, 3.05) is 0 Å². The van der Waals surface area contributed by atoms with Gasteiger partial charge in [0.15, 0.2) is 0 Å². The molecule has 0 aliphatic heterocycles. The molecule has 4 nitrogen and oxygen atoms in total. The van der Waals surface area contributed by atoms with E-state index in [1.54, 1.807) is 4.68 Å². The van der Waals surface area contributed by atoms with Gasteiger partial charge < -0.3 is 9.84 Å². The molecule has 0 saturated heterocycles. The summed E-state index contributed by atoms with van der Waals surface area (Å²) in [5.41, 5.74) is 3.98. The Kier molecular flexibility index (Phi) is 3.91. The molecule has 1 N–H and O–H groups in total. The second-order valence-corrected chi connectivity index (χ2v) is 5.77. The smallest absolute Gasteiger partial charge is 0.131 e. The molecule has 0 bridgehead atoms. The van der Waals surface area contributed by atoms with Gasteiger partial charge >= 0.3 is 0 Å². The van der Waals surface area contributed by atoms with Crippen molar-refractivity contribution >= 4 is 11.6 Å². The largest absolute Gasteiger partial charge is 0.487 e. The van der Waals surface area contributed by atoms with Crippen molar-refractivity contribution in [2.24, 2.45) is 7.05 Å². The third kappa shape index (κ3) is 2.65. The van der Waals surface area contributed by atoms with E-state index in [4.69, 9.17) is 16.3 Å². The molecule has 5 heteroatoms. The topological polar surface area (TPSA) is 47.3 Å². The molecule has 1 aliphatic carbocycles. The maximum Gasteiger partial charge on any atom is 0.131 e. The van der Waals surface area contributed by atoms with Crippen LogP contribution < -0.4 is 4.74 Å². The summed E-state index contributed by atoms with van der Waals surface area (Å²) in [5.74, 6) is 0.804. The van der Waals surface area contributed by atoms with Gasteiger partial charge in [0.1, 0.15) is 12.4 Å². The number of aliphatic hydroxyl groups is 1. The van der Waals surface area contributed by atoms with Crippen molar-refractivity contribution in [2.45, 2.75) is 38.9 Å². The van der Waals surface area contributed by atoms with E-state index < -0.39 is 0 Å². The maximum atomic E-state index is 9.81.